The number of fused-ring (bicyclic) bond motifs is 1. The molecule has 0 aliphatic carbocycles. The third kappa shape index (κ3) is 5.68. The molecule has 1 N–H and O–H groups in total. The van der Waals surface area contributed by atoms with Crippen LogP contribution in [0, 0.1) is 11.3 Å². The number of hydrogen-bond donors (Lipinski definition) is 1. The summed E-state index contributed by atoms with van der Waals surface area (Å²) in [5, 5.41) is 13.0. The van der Waals surface area contributed by atoms with Crippen molar-refractivity contribution in [1.29, 1.82) is 5.26 Å². The fourth-order valence-electron chi connectivity index (χ4n) is 3.27. The summed E-state index contributed by atoms with van der Waals surface area (Å²) < 4.78 is 34.6. The summed E-state index contributed by atoms with van der Waals surface area (Å²) >= 11 is 6.86. The Labute approximate surface area is 210 Å². The maximum atomic E-state index is 12.7. The van der Waals surface area contributed by atoms with Gasteiger partial charge in [0.05, 0.1) is 11.6 Å². The lowest BCUT2D eigenvalue weighted by Crippen LogP contribution is -2.13. The SMILES string of the molecule is CS(=O)(=O)c1nsc(NC(=O)C(C#N)=Cc2cn(CCOc3ccccc3Cl)c3ccccc23)n1. The van der Waals surface area contributed by atoms with E-state index in [-0.39, 0.29) is 15.9 Å². The van der Waals surface area contributed by atoms with Crippen LogP contribution in [-0.4, -0.2) is 41.1 Å². The first kappa shape index (κ1) is 24.4. The Balaban J connectivity index is 1.55. The van der Waals surface area contributed by atoms with Gasteiger partial charge in [-0.3, -0.25) is 10.1 Å². The van der Waals surface area contributed by atoms with Crippen LogP contribution in [0.2, 0.25) is 5.02 Å². The highest BCUT2D eigenvalue weighted by molar-refractivity contribution is 7.90. The van der Waals surface area contributed by atoms with Crippen LogP contribution in [0.4, 0.5) is 5.13 Å². The topological polar surface area (TPSA) is 127 Å². The van der Waals surface area contributed by atoms with Gasteiger partial charge in [-0.1, -0.05) is 41.9 Å². The van der Waals surface area contributed by atoms with Gasteiger partial charge in [-0.05, 0) is 24.3 Å². The molecule has 9 nitrogen and oxygen atoms in total. The Morgan fingerprint density at radius 1 is 1.26 bits per heavy atom. The molecule has 2 aromatic heterocycles. The van der Waals surface area contributed by atoms with Crippen LogP contribution < -0.4 is 10.1 Å². The molecule has 1 amide bonds. The molecule has 0 bridgehead atoms. The number of rotatable bonds is 8. The van der Waals surface area contributed by atoms with Crippen LogP contribution in [0.15, 0.2) is 65.5 Å². The molecule has 0 aliphatic heterocycles. The average Bonchev–Trinajstić information content (AvgIpc) is 3.44. The molecule has 2 heterocycles. The van der Waals surface area contributed by atoms with E-state index in [1.165, 1.54) is 6.08 Å². The molecular formula is C23H18ClN5O4S2. The molecule has 12 heteroatoms. The van der Waals surface area contributed by atoms with Crippen molar-refractivity contribution >= 4 is 61.0 Å². The molecular weight excluding hydrogens is 510 g/mol. The molecule has 4 rings (SSSR count). The maximum absolute atomic E-state index is 12.7. The molecule has 0 atom stereocenters. The van der Waals surface area contributed by atoms with Crippen molar-refractivity contribution in [3.05, 3.63) is 70.9 Å². The highest BCUT2D eigenvalue weighted by Crippen LogP contribution is 2.26. The number of nitrogens with one attached hydrogen (secondary N) is 1. The van der Waals surface area contributed by atoms with Crippen molar-refractivity contribution in [3.8, 4) is 11.8 Å². The van der Waals surface area contributed by atoms with Crippen molar-refractivity contribution in [2.75, 3.05) is 18.2 Å². The van der Waals surface area contributed by atoms with Gasteiger partial charge < -0.3 is 9.30 Å². The molecule has 4 aromatic rings. The number of benzene rings is 2. The maximum Gasteiger partial charge on any atom is 0.268 e. The standard InChI is InChI=1S/C23H18ClN5O4S2/c1-35(31,32)23-27-22(34-28-23)26-21(30)15(13-25)12-16-14-29(19-8-4-2-6-17(16)19)10-11-33-20-9-5-3-7-18(20)24/h2-9,12,14H,10-11H2,1H3,(H,26,27,28,30). The van der Waals surface area contributed by atoms with E-state index < -0.39 is 15.7 Å². The summed E-state index contributed by atoms with van der Waals surface area (Å²) in [6.07, 6.45) is 4.27. The molecule has 0 radical (unpaired) electrons. The van der Waals surface area contributed by atoms with E-state index in [1.54, 1.807) is 12.1 Å². The van der Waals surface area contributed by atoms with E-state index in [1.807, 2.05) is 53.2 Å². The van der Waals surface area contributed by atoms with Gasteiger partial charge in [0.1, 0.15) is 24.0 Å². The first-order valence-corrected chi connectivity index (χ1v) is 13.2. The molecule has 178 valence electrons. The monoisotopic (exact) mass is 527 g/mol. The van der Waals surface area contributed by atoms with Gasteiger partial charge in [0.2, 0.25) is 15.0 Å². The zero-order valence-corrected chi connectivity index (χ0v) is 20.7. The first-order valence-electron chi connectivity index (χ1n) is 10.2. The minimum Gasteiger partial charge on any atom is -0.490 e. The van der Waals surface area contributed by atoms with E-state index in [0.717, 1.165) is 28.7 Å². The Bertz CT molecular complexity index is 1580. The predicted octanol–water partition coefficient (Wildman–Crippen LogP) is 4.17. The number of amides is 1. The molecule has 35 heavy (non-hydrogen) atoms. The zero-order valence-electron chi connectivity index (χ0n) is 18.3. The number of carbonyl (C=O) groups is 1. The lowest BCUT2D eigenvalue weighted by atomic mass is 10.1. The van der Waals surface area contributed by atoms with Gasteiger partial charge in [-0.25, -0.2) is 8.42 Å². The summed E-state index contributed by atoms with van der Waals surface area (Å²) in [5.41, 5.74) is 1.40. The molecule has 0 saturated heterocycles. The highest BCUT2D eigenvalue weighted by atomic mass is 35.5. The van der Waals surface area contributed by atoms with Crippen molar-refractivity contribution in [2.24, 2.45) is 0 Å². The largest absolute Gasteiger partial charge is 0.490 e. The zero-order chi connectivity index (χ0) is 25.0. The van der Waals surface area contributed by atoms with E-state index in [0.29, 0.717) is 29.5 Å². The number of para-hydroxylation sites is 2. The average molecular weight is 528 g/mol. The Kier molecular flexibility index (Phi) is 7.16. The summed E-state index contributed by atoms with van der Waals surface area (Å²) in [7, 11) is -3.60. The lowest BCUT2D eigenvalue weighted by molar-refractivity contribution is -0.112. The summed E-state index contributed by atoms with van der Waals surface area (Å²) in [4.78, 5) is 16.4. The molecule has 0 spiro atoms. The molecule has 2 aromatic carbocycles. The van der Waals surface area contributed by atoms with E-state index in [4.69, 9.17) is 16.3 Å². The number of sulfone groups is 1. The molecule has 0 aliphatic rings. The highest BCUT2D eigenvalue weighted by Gasteiger charge is 2.18. The van der Waals surface area contributed by atoms with Crippen molar-refractivity contribution < 1.29 is 17.9 Å². The van der Waals surface area contributed by atoms with E-state index >= 15 is 0 Å². The number of nitriles is 1. The number of nitrogens with zero attached hydrogens (tertiary/aromatic N) is 4. The van der Waals surface area contributed by atoms with Crippen molar-refractivity contribution in [3.63, 3.8) is 0 Å². The summed E-state index contributed by atoms with van der Waals surface area (Å²) in [6, 6.07) is 16.7. The fourth-order valence-corrected chi connectivity index (χ4v) is 4.90. The van der Waals surface area contributed by atoms with Gasteiger partial charge in [0, 0.05) is 40.5 Å². The third-order valence-corrected chi connectivity index (χ3v) is 6.77. The van der Waals surface area contributed by atoms with Gasteiger partial charge >= 0.3 is 0 Å². The second-order valence-corrected chi connectivity index (χ2v) is 10.4. The minimum absolute atomic E-state index is 0.0178. The number of ether oxygens (including phenoxy) is 1. The Morgan fingerprint density at radius 3 is 2.71 bits per heavy atom. The number of hydrogen-bond acceptors (Lipinski definition) is 8. The number of halogens is 1. The van der Waals surface area contributed by atoms with Crippen LogP contribution in [-0.2, 0) is 21.2 Å². The Morgan fingerprint density at radius 2 is 2.00 bits per heavy atom. The van der Waals surface area contributed by atoms with Gasteiger partial charge in [-0.2, -0.15) is 14.6 Å². The Hall–Kier alpha value is -3.72. The predicted molar refractivity (Wildman–Crippen MR) is 134 cm³/mol. The molecule has 0 saturated carbocycles. The minimum atomic E-state index is -3.60. The normalized spacial score (nSPS) is 11.9. The smallest absolute Gasteiger partial charge is 0.268 e. The molecule has 0 unspecified atom stereocenters. The molecule has 0 fully saturated rings. The van der Waals surface area contributed by atoms with E-state index in [2.05, 4.69) is 14.7 Å². The first-order chi connectivity index (χ1) is 16.8. The fraction of sp³-hybridized carbons (Fsp3) is 0.130. The van der Waals surface area contributed by atoms with Gasteiger partial charge in [0.25, 0.3) is 11.1 Å². The summed E-state index contributed by atoms with van der Waals surface area (Å²) in [6.45, 7) is 0.865. The van der Waals surface area contributed by atoms with E-state index in [9.17, 15) is 18.5 Å². The number of anilines is 1. The number of carbonyl (C=O) groups excluding carboxylic acids is 1. The number of aromatic nitrogens is 3. The van der Waals surface area contributed by atoms with Crippen LogP contribution in [0.5, 0.6) is 5.75 Å². The second kappa shape index (κ2) is 10.3. The van der Waals surface area contributed by atoms with Crippen LogP contribution >= 0.6 is 23.1 Å². The van der Waals surface area contributed by atoms with Crippen LogP contribution in [0.1, 0.15) is 5.56 Å². The van der Waals surface area contributed by atoms with Gasteiger partial charge in [0.15, 0.2) is 0 Å². The van der Waals surface area contributed by atoms with Crippen LogP contribution in [0.25, 0.3) is 17.0 Å². The van der Waals surface area contributed by atoms with Crippen molar-refractivity contribution in [2.45, 2.75) is 11.7 Å². The lowest BCUT2D eigenvalue weighted by Gasteiger charge is -2.09. The van der Waals surface area contributed by atoms with Crippen LogP contribution in [0.3, 0.4) is 0 Å². The third-order valence-electron chi connectivity index (χ3n) is 4.87. The summed E-state index contributed by atoms with van der Waals surface area (Å²) in [5.74, 6) is -0.132. The second-order valence-electron chi connectivity index (χ2n) is 7.35. The van der Waals surface area contributed by atoms with Crippen molar-refractivity contribution in [1.82, 2.24) is 13.9 Å². The van der Waals surface area contributed by atoms with Gasteiger partial charge in [-0.15, -0.1) is 0 Å². The quantitative estimate of drug-likeness (QED) is 0.269.